The number of nitrogens with one attached hydrogen (secondary N) is 3. The van der Waals surface area contributed by atoms with Gasteiger partial charge in [0.2, 0.25) is 0 Å². The summed E-state index contributed by atoms with van der Waals surface area (Å²) in [5.74, 6) is -0.825. The number of hydrogen-bond donors (Lipinski definition) is 3. The first-order valence-electron chi connectivity index (χ1n) is 13.0. The van der Waals surface area contributed by atoms with Gasteiger partial charge in [-0.2, -0.15) is 5.10 Å². The molecule has 0 saturated heterocycles. The van der Waals surface area contributed by atoms with Crippen molar-refractivity contribution in [3.05, 3.63) is 126 Å². The molecule has 9 heteroatoms. The smallest absolute Gasteiger partial charge is 0.329 e. The lowest BCUT2D eigenvalue weighted by atomic mass is 10.1. The maximum atomic E-state index is 12.2. The molecule has 0 aliphatic heterocycles. The van der Waals surface area contributed by atoms with Crippen LogP contribution < -0.4 is 25.5 Å². The fourth-order valence-corrected chi connectivity index (χ4v) is 3.62. The quantitative estimate of drug-likeness (QED) is 0.140. The van der Waals surface area contributed by atoms with Crippen molar-refractivity contribution in [1.82, 2.24) is 10.7 Å². The van der Waals surface area contributed by atoms with Crippen LogP contribution in [0, 0.1) is 0 Å². The Morgan fingerprint density at radius 1 is 0.683 bits per heavy atom. The summed E-state index contributed by atoms with van der Waals surface area (Å²) < 4.78 is 11.2. The predicted molar refractivity (Wildman–Crippen MR) is 157 cm³/mol. The van der Waals surface area contributed by atoms with E-state index in [1.807, 2.05) is 60.7 Å². The molecule has 3 amide bonds. The minimum absolute atomic E-state index is 0.100. The van der Waals surface area contributed by atoms with Gasteiger partial charge in [0.05, 0.1) is 6.21 Å². The molecule has 0 bridgehead atoms. The number of carbonyl (C=O) groups is 3. The van der Waals surface area contributed by atoms with Crippen LogP contribution in [0.25, 0.3) is 0 Å². The summed E-state index contributed by atoms with van der Waals surface area (Å²) in [5, 5.41) is 9.16. The fourth-order valence-electron chi connectivity index (χ4n) is 3.62. The van der Waals surface area contributed by atoms with Crippen molar-refractivity contribution in [3.8, 4) is 11.5 Å². The van der Waals surface area contributed by atoms with Gasteiger partial charge in [0, 0.05) is 12.2 Å². The van der Waals surface area contributed by atoms with Crippen LogP contribution in [0.5, 0.6) is 11.5 Å². The van der Waals surface area contributed by atoms with E-state index < -0.39 is 11.8 Å². The highest BCUT2D eigenvalue weighted by molar-refractivity contribution is 6.39. The largest absolute Gasteiger partial charge is 0.489 e. The van der Waals surface area contributed by atoms with Gasteiger partial charge in [-0.3, -0.25) is 14.4 Å². The standard InChI is InChI=1S/C32H30N4O5/c37-30(33-20-19-24-7-3-1-4-8-24)23-41-28-15-11-25(12-16-28)21-34-36-32(39)31(38)35-27-13-17-29(18-14-27)40-22-26-9-5-2-6-10-26/h1-18,21H,19-20,22-23H2,(H,33,37)(H,35,38)(H,36,39)/b34-21-. The molecule has 0 atom stereocenters. The van der Waals surface area contributed by atoms with Gasteiger partial charge in [-0.25, -0.2) is 5.43 Å². The van der Waals surface area contributed by atoms with Gasteiger partial charge in [0.15, 0.2) is 6.61 Å². The normalized spacial score (nSPS) is 10.5. The Bertz CT molecular complexity index is 1440. The molecule has 3 N–H and O–H groups in total. The number of nitrogens with zero attached hydrogens (tertiary/aromatic N) is 1. The van der Waals surface area contributed by atoms with Gasteiger partial charge in [-0.1, -0.05) is 60.7 Å². The maximum Gasteiger partial charge on any atom is 0.329 e. The van der Waals surface area contributed by atoms with E-state index in [9.17, 15) is 14.4 Å². The van der Waals surface area contributed by atoms with Gasteiger partial charge >= 0.3 is 11.8 Å². The Balaban J connectivity index is 1.13. The number of amides is 3. The maximum absolute atomic E-state index is 12.2. The highest BCUT2D eigenvalue weighted by atomic mass is 16.5. The molecular weight excluding hydrogens is 520 g/mol. The number of hydrazone groups is 1. The first-order valence-corrected chi connectivity index (χ1v) is 13.0. The van der Waals surface area contributed by atoms with Crippen molar-refractivity contribution < 1.29 is 23.9 Å². The number of anilines is 1. The molecule has 0 unspecified atom stereocenters. The van der Waals surface area contributed by atoms with E-state index in [1.54, 1.807) is 48.5 Å². The Morgan fingerprint density at radius 3 is 1.98 bits per heavy atom. The second kappa shape index (κ2) is 15.2. The number of rotatable bonds is 12. The van der Waals surface area contributed by atoms with Gasteiger partial charge in [-0.15, -0.1) is 0 Å². The van der Waals surface area contributed by atoms with E-state index in [4.69, 9.17) is 9.47 Å². The lowest BCUT2D eigenvalue weighted by molar-refractivity contribution is -0.136. The van der Waals surface area contributed by atoms with Crippen LogP contribution in [0.3, 0.4) is 0 Å². The number of benzene rings is 4. The SMILES string of the molecule is O=C(COc1ccc(/C=N\NC(=O)C(=O)Nc2ccc(OCc3ccccc3)cc2)cc1)NCCc1ccccc1. The predicted octanol–water partition coefficient (Wildman–Crippen LogP) is 4.09. The Morgan fingerprint density at radius 2 is 1.29 bits per heavy atom. The van der Waals surface area contributed by atoms with Crippen molar-refractivity contribution in [3.63, 3.8) is 0 Å². The minimum atomic E-state index is -0.913. The lowest BCUT2D eigenvalue weighted by Gasteiger charge is -2.08. The van der Waals surface area contributed by atoms with Gasteiger partial charge in [0.25, 0.3) is 5.91 Å². The fraction of sp³-hybridized carbons (Fsp3) is 0.125. The van der Waals surface area contributed by atoms with Gasteiger partial charge in [0.1, 0.15) is 18.1 Å². The molecule has 0 aromatic heterocycles. The summed E-state index contributed by atoms with van der Waals surface area (Å²) in [6, 6.07) is 33.2. The average Bonchev–Trinajstić information content (AvgIpc) is 3.01. The third kappa shape index (κ3) is 9.99. The molecule has 41 heavy (non-hydrogen) atoms. The number of carbonyl (C=O) groups excluding carboxylic acids is 3. The number of hydrogen-bond acceptors (Lipinski definition) is 6. The van der Waals surface area contributed by atoms with Crippen molar-refractivity contribution in [2.45, 2.75) is 13.0 Å². The zero-order valence-electron chi connectivity index (χ0n) is 22.3. The summed E-state index contributed by atoms with van der Waals surface area (Å²) >= 11 is 0. The average molecular weight is 551 g/mol. The lowest BCUT2D eigenvalue weighted by Crippen LogP contribution is -2.32. The van der Waals surface area contributed by atoms with Crippen LogP contribution in [0.4, 0.5) is 5.69 Å². The zero-order valence-corrected chi connectivity index (χ0v) is 22.3. The van der Waals surface area contributed by atoms with E-state index >= 15 is 0 Å². The topological polar surface area (TPSA) is 118 Å². The second-order valence-corrected chi connectivity index (χ2v) is 8.90. The van der Waals surface area contributed by atoms with Crippen molar-refractivity contribution in [2.24, 2.45) is 5.10 Å². The zero-order chi connectivity index (χ0) is 28.7. The molecule has 0 aliphatic carbocycles. The van der Waals surface area contributed by atoms with Crippen LogP contribution in [-0.4, -0.2) is 37.1 Å². The van der Waals surface area contributed by atoms with Crippen LogP contribution in [0.1, 0.15) is 16.7 Å². The van der Waals surface area contributed by atoms with E-state index in [0.717, 1.165) is 17.5 Å². The number of ether oxygens (including phenoxy) is 2. The van der Waals surface area contributed by atoms with Crippen LogP contribution in [0.2, 0.25) is 0 Å². The molecule has 0 aliphatic rings. The molecule has 9 nitrogen and oxygen atoms in total. The van der Waals surface area contributed by atoms with E-state index in [-0.39, 0.29) is 12.5 Å². The first kappa shape index (κ1) is 28.6. The van der Waals surface area contributed by atoms with Crippen LogP contribution in [-0.2, 0) is 27.4 Å². The third-order valence-electron chi connectivity index (χ3n) is 5.78. The van der Waals surface area contributed by atoms with E-state index in [1.165, 1.54) is 6.21 Å². The highest BCUT2D eigenvalue weighted by Crippen LogP contribution is 2.17. The molecule has 0 spiro atoms. The first-order chi connectivity index (χ1) is 20.0. The Labute approximate surface area is 238 Å². The monoisotopic (exact) mass is 550 g/mol. The summed E-state index contributed by atoms with van der Waals surface area (Å²) in [6.45, 7) is 0.855. The summed E-state index contributed by atoms with van der Waals surface area (Å²) in [5.41, 5.74) is 5.50. The van der Waals surface area contributed by atoms with E-state index in [2.05, 4.69) is 21.2 Å². The highest BCUT2D eigenvalue weighted by Gasteiger charge is 2.13. The molecule has 4 rings (SSSR count). The second-order valence-electron chi connectivity index (χ2n) is 8.90. The molecular formula is C32H30N4O5. The molecule has 4 aromatic rings. The van der Waals surface area contributed by atoms with Crippen molar-refractivity contribution in [1.29, 1.82) is 0 Å². The summed E-state index contributed by atoms with van der Waals surface area (Å²) in [7, 11) is 0. The molecule has 0 saturated carbocycles. The van der Waals surface area contributed by atoms with Gasteiger partial charge in [-0.05, 0) is 71.6 Å². The Kier molecular flexibility index (Phi) is 10.6. The van der Waals surface area contributed by atoms with Crippen molar-refractivity contribution in [2.75, 3.05) is 18.5 Å². The molecule has 0 radical (unpaired) electrons. The molecule has 0 fully saturated rings. The van der Waals surface area contributed by atoms with Crippen molar-refractivity contribution >= 4 is 29.6 Å². The van der Waals surface area contributed by atoms with E-state index in [0.29, 0.717) is 35.9 Å². The molecule has 0 heterocycles. The molecule has 4 aromatic carbocycles. The summed E-state index contributed by atoms with van der Waals surface area (Å²) in [4.78, 5) is 36.3. The van der Waals surface area contributed by atoms with Gasteiger partial charge < -0.3 is 20.1 Å². The summed E-state index contributed by atoms with van der Waals surface area (Å²) in [6.07, 6.45) is 2.14. The minimum Gasteiger partial charge on any atom is -0.489 e. The molecule has 208 valence electrons. The third-order valence-corrected chi connectivity index (χ3v) is 5.78. The van der Waals surface area contributed by atoms with Crippen LogP contribution >= 0.6 is 0 Å². The van der Waals surface area contributed by atoms with Crippen LogP contribution in [0.15, 0.2) is 114 Å². The Hall–Kier alpha value is -5.44.